The highest BCUT2D eigenvalue weighted by Gasteiger charge is 2.46. The van der Waals surface area contributed by atoms with Gasteiger partial charge in [-0.1, -0.05) is 86.6 Å². The SMILES string of the molecule is CCc1cc(N)ccc1Oc1c(C)cc(C2(c3cc(C)c(Oc4ccc(N)cc4CC)c(C)c3)c3ccccc3-c3ccccc32)cc1C. The monoisotopic (exact) mass is 644 g/mol. The number of anilines is 2. The predicted molar refractivity (Wildman–Crippen MR) is 203 cm³/mol. The van der Waals surface area contributed by atoms with Gasteiger partial charge in [-0.2, -0.15) is 0 Å². The van der Waals surface area contributed by atoms with E-state index >= 15 is 0 Å². The molecule has 0 saturated heterocycles. The van der Waals surface area contributed by atoms with Crippen LogP contribution in [-0.2, 0) is 18.3 Å². The molecule has 7 rings (SSSR count). The molecule has 1 aliphatic rings. The van der Waals surface area contributed by atoms with Gasteiger partial charge in [0.15, 0.2) is 0 Å². The molecule has 6 aromatic rings. The van der Waals surface area contributed by atoms with Gasteiger partial charge in [-0.3, -0.25) is 0 Å². The van der Waals surface area contributed by atoms with Crippen LogP contribution in [-0.4, -0.2) is 0 Å². The fraction of sp³-hybridized carbons (Fsp3) is 0.200. The van der Waals surface area contributed by atoms with Gasteiger partial charge in [0.25, 0.3) is 0 Å². The lowest BCUT2D eigenvalue weighted by Crippen LogP contribution is -2.29. The lowest BCUT2D eigenvalue weighted by atomic mass is 9.66. The van der Waals surface area contributed by atoms with Gasteiger partial charge in [0.05, 0.1) is 5.41 Å². The number of hydrogen-bond acceptors (Lipinski definition) is 4. The molecule has 0 heterocycles. The Kier molecular flexibility index (Phi) is 8.20. The zero-order valence-electron chi connectivity index (χ0n) is 29.3. The fourth-order valence-corrected chi connectivity index (χ4v) is 7.85. The number of nitrogen functional groups attached to an aromatic ring is 2. The summed E-state index contributed by atoms with van der Waals surface area (Å²) >= 11 is 0. The van der Waals surface area contributed by atoms with Crippen molar-refractivity contribution < 1.29 is 9.47 Å². The normalized spacial score (nSPS) is 12.8. The van der Waals surface area contributed by atoms with Crippen molar-refractivity contribution in [2.75, 3.05) is 11.5 Å². The molecular formula is C45H44N2O2. The van der Waals surface area contributed by atoms with E-state index in [1.54, 1.807) is 0 Å². The molecule has 0 unspecified atom stereocenters. The highest BCUT2D eigenvalue weighted by atomic mass is 16.5. The number of benzene rings is 6. The van der Waals surface area contributed by atoms with Gasteiger partial charge in [-0.15, -0.1) is 0 Å². The van der Waals surface area contributed by atoms with E-state index in [1.165, 1.54) is 33.4 Å². The summed E-state index contributed by atoms with van der Waals surface area (Å²) in [7, 11) is 0. The Morgan fingerprint density at radius 1 is 0.490 bits per heavy atom. The van der Waals surface area contributed by atoms with Gasteiger partial charge in [-0.05, 0) is 144 Å². The maximum atomic E-state index is 6.67. The Hall–Kier alpha value is -5.48. The summed E-state index contributed by atoms with van der Waals surface area (Å²) in [5.74, 6) is 3.45. The third-order valence-corrected chi connectivity index (χ3v) is 10.1. The van der Waals surface area contributed by atoms with Crippen LogP contribution in [0.5, 0.6) is 23.0 Å². The summed E-state index contributed by atoms with van der Waals surface area (Å²) in [6, 6.07) is 38.8. The van der Waals surface area contributed by atoms with E-state index in [-0.39, 0.29) is 0 Å². The third kappa shape index (κ3) is 5.32. The molecule has 4 nitrogen and oxygen atoms in total. The minimum Gasteiger partial charge on any atom is -0.457 e. The van der Waals surface area contributed by atoms with Crippen molar-refractivity contribution >= 4 is 11.4 Å². The highest BCUT2D eigenvalue weighted by Crippen LogP contribution is 2.57. The van der Waals surface area contributed by atoms with Crippen LogP contribution in [0.15, 0.2) is 109 Å². The van der Waals surface area contributed by atoms with Crippen molar-refractivity contribution in [3.63, 3.8) is 0 Å². The number of ether oxygens (including phenoxy) is 2. The van der Waals surface area contributed by atoms with Crippen LogP contribution >= 0.6 is 0 Å². The Balaban J connectivity index is 1.43. The van der Waals surface area contributed by atoms with Crippen LogP contribution in [0.2, 0.25) is 0 Å². The lowest BCUT2D eigenvalue weighted by Gasteiger charge is -2.35. The zero-order valence-corrected chi connectivity index (χ0v) is 29.3. The van der Waals surface area contributed by atoms with Crippen LogP contribution < -0.4 is 20.9 Å². The predicted octanol–water partition coefficient (Wildman–Crippen LogP) is 11.2. The van der Waals surface area contributed by atoms with Crippen molar-refractivity contribution in [1.82, 2.24) is 0 Å². The fourth-order valence-electron chi connectivity index (χ4n) is 7.85. The second-order valence-electron chi connectivity index (χ2n) is 13.4. The second kappa shape index (κ2) is 12.5. The third-order valence-electron chi connectivity index (χ3n) is 10.1. The van der Waals surface area contributed by atoms with Crippen LogP contribution in [0.3, 0.4) is 0 Å². The highest BCUT2D eigenvalue weighted by molar-refractivity contribution is 5.86. The minimum absolute atomic E-state index is 0.555. The first kappa shape index (κ1) is 32.1. The average Bonchev–Trinajstić information content (AvgIpc) is 3.40. The lowest BCUT2D eigenvalue weighted by molar-refractivity contribution is 0.468. The molecule has 0 bridgehead atoms. The first-order valence-corrected chi connectivity index (χ1v) is 17.2. The molecule has 0 amide bonds. The topological polar surface area (TPSA) is 70.5 Å². The number of aryl methyl sites for hydroxylation is 6. The Morgan fingerprint density at radius 3 is 1.22 bits per heavy atom. The molecule has 0 radical (unpaired) electrons. The van der Waals surface area contributed by atoms with Gasteiger partial charge in [-0.25, -0.2) is 0 Å². The molecule has 1 aliphatic carbocycles. The first-order chi connectivity index (χ1) is 23.6. The van der Waals surface area contributed by atoms with E-state index in [0.29, 0.717) is 0 Å². The molecule has 0 atom stereocenters. The Morgan fingerprint density at radius 2 is 0.857 bits per heavy atom. The van der Waals surface area contributed by atoms with E-state index < -0.39 is 5.41 Å². The van der Waals surface area contributed by atoms with Crippen LogP contribution in [0.1, 0.15) is 69.5 Å². The number of fused-ring (bicyclic) bond motifs is 3. The zero-order chi connectivity index (χ0) is 34.4. The van der Waals surface area contributed by atoms with Crippen molar-refractivity contribution in [2.24, 2.45) is 0 Å². The molecule has 0 aliphatic heterocycles. The van der Waals surface area contributed by atoms with Crippen molar-refractivity contribution in [3.8, 4) is 34.1 Å². The summed E-state index contributed by atoms with van der Waals surface area (Å²) in [5.41, 5.74) is 27.2. The summed E-state index contributed by atoms with van der Waals surface area (Å²) in [5, 5.41) is 0. The number of hydrogen-bond donors (Lipinski definition) is 2. The first-order valence-electron chi connectivity index (χ1n) is 17.2. The van der Waals surface area contributed by atoms with Crippen LogP contribution in [0.4, 0.5) is 11.4 Å². The maximum absolute atomic E-state index is 6.67. The summed E-state index contributed by atoms with van der Waals surface area (Å²) in [4.78, 5) is 0. The molecular weight excluding hydrogens is 601 g/mol. The summed E-state index contributed by atoms with van der Waals surface area (Å²) < 4.78 is 13.3. The van der Waals surface area contributed by atoms with E-state index in [2.05, 4.69) is 114 Å². The molecule has 4 N–H and O–H groups in total. The van der Waals surface area contributed by atoms with Gasteiger partial charge < -0.3 is 20.9 Å². The van der Waals surface area contributed by atoms with E-state index in [1.807, 2.05) is 36.4 Å². The average molecular weight is 645 g/mol. The molecule has 246 valence electrons. The van der Waals surface area contributed by atoms with E-state index in [9.17, 15) is 0 Å². The maximum Gasteiger partial charge on any atom is 0.133 e. The smallest absolute Gasteiger partial charge is 0.133 e. The van der Waals surface area contributed by atoms with Crippen molar-refractivity contribution in [2.45, 2.75) is 59.8 Å². The largest absolute Gasteiger partial charge is 0.457 e. The molecule has 0 aromatic heterocycles. The molecule has 0 saturated carbocycles. The Labute approximate surface area is 290 Å². The van der Waals surface area contributed by atoms with Crippen molar-refractivity contribution in [3.05, 3.63) is 165 Å². The molecule has 6 aromatic carbocycles. The van der Waals surface area contributed by atoms with Gasteiger partial charge >= 0.3 is 0 Å². The number of nitrogens with two attached hydrogens (primary N) is 2. The van der Waals surface area contributed by atoms with Crippen LogP contribution in [0.25, 0.3) is 11.1 Å². The van der Waals surface area contributed by atoms with Crippen molar-refractivity contribution in [1.29, 1.82) is 0 Å². The van der Waals surface area contributed by atoms with Crippen LogP contribution in [0, 0.1) is 27.7 Å². The second-order valence-corrected chi connectivity index (χ2v) is 13.4. The standard InChI is InChI=1S/C45H44N2O2/c1-7-31-25-35(46)17-19-41(31)48-43-27(3)21-33(22-28(43)4)45(39-15-11-9-13-37(39)38-14-10-12-16-40(38)45)34-23-29(5)44(30(6)24-34)49-42-20-18-36(47)26-32(42)8-2/h9-26H,7-8,46-47H2,1-6H3. The van der Waals surface area contributed by atoms with Gasteiger partial charge in [0.2, 0.25) is 0 Å². The summed E-state index contributed by atoms with van der Waals surface area (Å²) in [6.07, 6.45) is 1.67. The van der Waals surface area contributed by atoms with Gasteiger partial charge in [0.1, 0.15) is 23.0 Å². The quantitative estimate of drug-likeness (QED) is 0.162. The van der Waals surface area contributed by atoms with E-state index in [4.69, 9.17) is 20.9 Å². The minimum atomic E-state index is -0.555. The number of rotatable bonds is 8. The summed E-state index contributed by atoms with van der Waals surface area (Å²) in [6.45, 7) is 12.9. The Bertz CT molecular complexity index is 2030. The molecule has 49 heavy (non-hydrogen) atoms. The molecule has 4 heteroatoms. The molecule has 0 fully saturated rings. The van der Waals surface area contributed by atoms with E-state index in [0.717, 1.165) is 80.6 Å². The molecule has 0 spiro atoms. The van der Waals surface area contributed by atoms with Gasteiger partial charge in [0, 0.05) is 11.4 Å².